The van der Waals surface area contributed by atoms with Crippen molar-refractivity contribution in [1.82, 2.24) is 14.1 Å². The molecule has 0 bridgehead atoms. The van der Waals surface area contributed by atoms with E-state index in [2.05, 4.69) is 4.90 Å². The number of esters is 1. The van der Waals surface area contributed by atoms with Gasteiger partial charge in [0.1, 0.15) is 0 Å². The number of sulfonamides is 1. The average molecular weight is 426 g/mol. The Morgan fingerprint density at radius 2 is 1.76 bits per heavy atom. The highest BCUT2D eigenvalue weighted by molar-refractivity contribution is 7.88. The number of carbonyl (C=O) groups is 2. The summed E-state index contributed by atoms with van der Waals surface area (Å²) in [6.45, 7) is 2.77. The van der Waals surface area contributed by atoms with Crippen LogP contribution < -0.4 is 0 Å². The second-order valence-corrected chi connectivity index (χ2v) is 9.35. The summed E-state index contributed by atoms with van der Waals surface area (Å²) in [6.07, 6.45) is 2.82. The Kier molecular flexibility index (Phi) is 8.60. The zero-order chi connectivity index (χ0) is 21.4. The molecule has 8 nitrogen and oxygen atoms in total. The van der Waals surface area contributed by atoms with E-state index in [1.54, 1.807) is 24.1 Å². The highest BCUT2D eigenvalue weighted by Gasteiger charge is 2.28. The van der Waals surface area contributed by atoms with Gasteiger partial charge in [0.05, 0.1) is 13.4 Å². The number of benzene rings is 1. The molecule has 0 saturated carbocycles. The largest absolute Gasteiger partial charge is 0.469 e. The predicted octanol–water partition coefficient (Wildman–Crippen LogP) is 1.05. The number of methoxy groups -OCH3 is 1. The molecule has 1 saturated heterocycles. The van der Waals surface area contributed by atoms with E-state index in [4.69, 9.17) is 4.74 Å². The molecule has 1 fully saturated rings. The fraction of sp³-hybridized carbons (Fsp3) is 0.600. The molecule has 2 rings (SSSR count). The molecule has 1 unspecified atom stereocenters. The fourth-order valence-electron chi connectivity index (χ4n) is 3.48. The molecule has 1 aliphatic heterocycles. The van der Waals surface area contributed by atoms with E-state index < -0.39 is 10.0 Å². The lowest BCUT2D eigenvalue weighted by molar-refractivity contribution is -0.140. The monoisotopic (exact) mass is 425 g/mol. The van der Waals surface area contributed by atoms with E-state index in [-0.39, 0.29) is 17.9 Å². The molecule has 1 aliphatic rings. The van der Waals surface area contributed by atoms with Gasteiger partial charge in [-0.05, 0) is 25.0 Å². The Morgan fingerprint density at radius 3 is 2.31 bits per heavy atom. The molecular formula is C20H31N3O5S. The number of ether oxygens (including phenoxy) is 1. The number of amides is 1. The second-order valence-electron chi connectivity index (χ2n) is 7.37. The highest BCUT2D eigenvalue weighted by atomic mass is 32.2. The normalized spacial score (nSPS) is 16.9. The first-order valence-corrected chi connectivity index (χ1v) is 11.6. The van der Waals surface area contributed by atoms with Gasteiger partial charge in [-0.25, -0.2) is 8.42 Å². The van der Waals surface area contributed by atoms with Gasteiger partial charge in [-0.15, -0.1) is 0 Å². The molecule has 1 amide bonds. The van der Waals surface area contributed by atoms with Crippen molar-refractivity contribution < 1.29 is 22.7 Å². The molecular weight excluding hydrogens is 394 g/mol. The van der Waals surface area contributed by atoms with Gasteiger partial charge in [-0.2, -0.15) is 4.31 Å². The summed E-state index contributed by atoms with van der Waals surface area (Å²) < 4.78 is 29.6. The molecule has 0 spiro atoms. The van der Waals surface area contributed by atoms with Gasteiger partial charge in [0, 0.05) is 57.8 Å². The molecule has 0 N–H and O–H groups in total. The minimum Gasteiger partial charge on any atom is -0.469 e. The lowest BCUT2D eigenvalue weighted by Gasteiger charge is -2.38. The molecule has 1 aromatic carbocycles. The Hall–Kier alpha value is -1.97. The van der Waals surface area contributed by atoms with E-state index in [0.29, 0.717) is 57.5 Å². The van der Waals surface area contributed by atoms with Crippen LogP contribution >= 0.6 is 0 Å². The first-order valence-electron chi connectivity index (χ1n) is 9.79. The number of nitrogens with zero attached hydrogens (tertiary/aromatic N) is 3. The van der Waals surface area contributed by atoms with Gasteiger partial charge in [0.15, 0.2) is 0 Å². The quantitative estimate of drug-likeness (QED) is 0.550. The van der Waals surface area contributed by atoms with Gasteiger partial charge in [0.2, 0.25) is 10.0 Å². The molecule has 0 radical (unpaired) electrons. The SMILES string of the molecule is COC(=O)CCCC(CN1CCN(S(C)(=O)=O)CC1)N(C)C(=O)c1ccccc1. The Morgan fingerprint density at radius 1 is 1.14 bits per heavy atom. The lowest BCUT2D eigenvalue weighted by atomic mass is 10.1. The van der Waals surface area contributed by atoms with Crippen molar-refractivity contribution in [2.24, 2.45) is 0 Å². The Bertz CT molecular complexity index is 777. The zero-order valence-corrected chi connectivity index (χ0v) is 18.2. The molecule has 162 valence electrons. The lowest BCUT2D eigenvalue weighted by Crippen LogP contribution is -2.52. The van der Waals surface area contributed by atoms with E-state index in [1.165, 1.54) is 17.7 Å². The number of likely N-dealkylation sites (N-methyl/N-ethyl adjacent to an activating group) is 1. The summed E-state index contributed by atoms with van der Waals surface area (Å²) in [5.41, 5.74) is 0.620. The first kappa shape index (κ1) is 23.3. The van der Waals surface area contributed by atoms with Gasteiger partial charge in [-0.3, -0.25) is 14.5 Å². The fourth-order valence-corrected chi connectivity index (χ4v) is 4.31. The van der Waals surface area contributed by atoms with E-state index >= 15 is 0 Å². The van der Waals surface area contributed by atoms with Gasteiger partial charge in [-0.1, -0.05) is 18.2 Å². The van der Waals surface area contributed by atoms with Crippen LogP contribution in [0.1, 0.15) is 29.6 Å². The van der Waals surface area contributed by atoms with Crippen molar-refractivity contribution in [2.75, 3.05) is 53.1 Å². The molecule has 0 aliphatic carbocycles. The summed E-state index contributed by atoms with van der Waals surface area (Å²) >= 11 is 0. The van der Waals surface area contributed by atoms with Crippen LogP contribution in [0.2, 0.25) is 0 Å². The summed E-state index contributed by atoms with van der Waals surface area (Å²) in [5, 5.41) is 0. The summed E-state index contributed by atoms with van der Waals surface area (Å²) in [5.74, 6) is -0.328. The Labute approximate surface area is 173 Å². The smallest absolute Gasteiger partial charge is 0.305 e. The maximum Gasteiger partial charge on any atom is 0.305 e. The third-order valence-corrected chi connectivity index (χ3v) is 6.61. The van der Waals surface area contributed by atoms with Gasteiger partial charge < -0.3 is 9.64 Å². The minimum atomic E-state index is -3.18. The van der Waals surface area contributed by atoms with Crippen molar-refractivity contribution in [1.29, 1.82) is 0 Å². The van der Waals surface area contributed by atoms with Crippen LogP contribution in [0.5, 0.6) is 0 Å². The predicted molar refractivity (Wildman–Crippen MR) is 111 cm³/mol. The second kappa shape index (κ2) is 10.7. The molecule has 1 atom stereocenters. The standard InChI is InChI=1S/C20H31N3O5S/c1-21(20(25)17-8-5-4-6-9-17)18(10-7-11-19(24)28-2)16-22-12-14-23(15-13-22)29(3,26)27/h4-6,8-9,18H,7,10-16H2,1-3H3. The number of hydrogen-bond acceptors (Lipinski definition) is 6. The third-order valence-electron chi connectivity index (χ3n) is 5.30. The molecule has 9 heteroatoms. The van der Waals surface area contributed by atoms with Crippen LogP contribution in [-0.4, -0.2) is 93.6 Å². The van der Waals surface area contributed by atoms with Crippen molar-refractivity contribution in [3.8, 4) is 0 Å². The molecule has 29 heavy (non-hydrogen) atoms. The van der Waals surface area contributed by atoms with Crippen LogP contribution in [0.25, 0.3) is 0 Å². The van der Waals surface area contributed by atoms with Crippen LogP contribution in [-0.2, 0) is 19.6 Å². The van der Waals surface area contributed by atoms with Crippen LogP contribution in [0.4, 0.5) is 0 Å². The van der Waals surface area contributed by atoms with Crippen molar-refractivity contribution in [2.45, 2.75) is 25.3 Å². The van der Waals surface area contributed by atoms with E-state index in [1.807, 2.05) is 18.2 Å². The topological polar surface area (TPSA) is 87.2 Å². The van der Waals surface area contributed by atoms with E-state index in [0.717, 1.165) is 0 Å². The average Bonchev–Trinajstić information content (AvgIpc) is 2.72. The number of rotatable bonds is 9. The van der Waals surface area contributed by atoms with Gasteiger partial charge >= 0.3 is 5.97 Å². The van der Waals surface area contributed by atoms with Crippen molar-refractivity contribution in [3.63, 3.8) is 0 Å². The van der Waals surface area contributed by atoms with Crippen LogP contribution in [0.15, 0.2) is 30.3 Å². The zero-order valence-electron chi connectivity index (χ0n) is 17.4. The highest BCUT2D eigenvalue weighted by Crippen LogP contribution is 2.15. The third kappa shape index (κ3) is 7.09. The van der Waals surface area contributed by atoms with Crippen LogP contribution in [0, 0.1) is 0 Å². The van der Waals surface area contributed by atoms with Crippen LogP contribution in [0.3, 0.4) is 0 Å². The Balaban J connectivity index is 2.02. The van der Waals surface area contributed by atoms with Crippen molar-refractivity contribution >= 4 is 21.9 Å². The minimum absolute atomic E-state index is 0.0663. The van der Waals surface area contributed by atoms with Crippen molar-refractivity contribution in [3.05, 3.63) is 35.9 Å². The van der Waals surface area contributed by atoms with Gasteiger partial charge in [0.25, 0.3) is 5.91 Å². The molecule has 0 aromatic heterocycles. The summed E-state index contributed by atoms with van der Waals surface area (Å²) in [7, 11) is -0.0296. The number of piperazine rings is 1. The maximum atomic E-state index is 12.9. The maximum absolute atomic E-state index is 12.9. The number of hydrogen-bond donors (Lipinski definition) is 0. The summed E-state index contributed by atoms with van der Waals surface area (Å²) in [6, 6.07) is 9.02. The van der Waals surface area contributed by atoms with E-state index in [9.17, 15) is 18.0 Å². The number of carbonyl (C=O) groups excluding carboxylic acids is 2. The molecule has 1 heterocycles. The molecule has 1 aromatic rings. The first-order chi connectivity index (χ1) is 13.7. The summed E-state index contributed by atoms with van der Waals surface area (Å²) in [4.78, 5) is 28.3.